The monoisotopic (exact) mass is 311 g/mol. The van der Waals surface area contributed by atoms with E-state index in [1.807, 2.05) is 0 Å². The first-order chi connectivity index (χ1) is 9.86. The molecule has 8 heteroatoms. The third-order valence-electron chi connectivity index (χ3n) is 3.34. The fourth-order valence-electron chi connectivity index (χ4n) is 2.24. The molecule has 1 saturated carbocycles. The highest BCUT2D eigenvalue weighted by Gasteiger charge is 2.21. The third kappa shape index (κ3) is 4.27. The SMILES string of the molecule is NS(=O)(=O)c1ccc(NC(=O)C(=O)NC2CCCC2)cc1. The molecule has 1 fully saturated rings. The highest BCUT2D eigenvalue weighted by atomic mass is 32.2. The van der Waals surface area contributed by atoms with Crippen LogP contribution in [0.2, 0.25) is 0 Å². The zero-order chi connectivity index (χ0) is 15.5. The van der Waals surface area contributed by atoms with Gasteiger partial charge in [0.25, 0.3) is 0 Å². The molecule has 114 valence electrons. The molecule has 2 amide bonds. The first-order valence-corrected chi connectivity index (χ1v) is 8.15. The minimum atomic E-state index is -3.77. The number of hydrogen-bond donors (Lipinski definition) is 3. The standard InChI is InChI=1S/C13H17N3O4S/c14-21(19,20)11-7-5-10(6-8-11)16-13(18)12(17)15-9-3-1-2-4-9/h5-9H,1-4H2,(H,15,17)(H,16,18)(H2,14,19,20). The van der Waals surface area contributed by atoms with Gasteiger partial charge in [-0.3, -0.25) is 9.59 Å². The summed E-state index contributed by atoms with van der Waals surface area (Å²) in [6.07, 6.45) is 3.90. The van der Waals surface area contributed by atoms with Crippen LogP contribution in [-0.2, 0) is 19.6 Å². The summed E-state index contributed by atoms with van der Waals surface area (Å²) < 4.78 is 22.2. The number of primary sulfonamides is 1. The molecule has 7 nitrogen and oxygen atoms in total. The summed E-state index contributed by atoms with van der Waals surface area (Å²) in [5, 5.41) is 10.0. The smallest absolute Gasteiger partial charge is 0.313 e. The molecule has 1 aliphatic carbocycles. The van der Waals surface area contributed by atoms with E-state index in [0.717, 1.165) is 25.7 Å². The van der Waals surface area contributed by atoms with Crippen molar-refractivity contribution >= 4 is 27.5 Å². The number of carbonyl (C=O) groups is 2. The van der Waals surface area contributed by atoms with Gasteiger partial charge in [0.05, 0.1) is 4.90 Å². The van der Waals surface area contributed by atoms with Crippen LogP contribution in [0.3, 0.4) is 0 Å². The molecule has 1 aromatic carbocycles. The number of anilines is 1. The Hall–Kier alpha value is -1.93. The average Bonchev–Trinajstić information content (AvgIpc) is 2.91. The van der Waals surface area contributed by atoms with Gasteiger partial charge in [-0.15, -0.1) is 0 Å². The van der Waals surface area contributed by atoms with Crippen molar-refractivity contribution < 1.29 is 18.0 Å². The summed E-state index contributed by atoms with van der Waals surface area (Å²) >= 11 is 0. The fourth-order valence-corrected chi connectivity index (χ4v) is 2.75. The predicted molar refractivity (Wildman–Crippen MR) is 76.8 cm³/mol. The van der Waals surface area contributed by atoms with Crippen LogP contribution in [0.25, 0.3) is 0 Å². The van der Waals surface area contributed by atoms with Crippen LogP contribution in [0, 0.1) is 0 Å². The fraction of sp³-hybridized carbons (Fsp3) is 0.385. The Balaban J connectivity index is 1.94. The van der Waals surface area contributed by atoms with Crippen LogP contribution >= 0.6 is 0 Å². The minimum Gasteiger partial charge on any atom is -0.345 e. The summed E-state index contributed by atoms with van der Waals surface area (Å²) in [6, 6.07) is 5.34. The molecule has 1 aliphatic rings. The number of hydrogen-bond acceptors (Lipinski definition) is 4. The van der Waals surface area contributed by atoms with Gasteiger partial charge in [0.2, 0.25) is 10.0 Å². The average molecular weight is 311 g/mol. The quantitative estimate of drug-likeness (QED) is 0.697. The molecule has 0 aromatic heterocycles. The van der Waals surface area contributed by atoms with Crippen LogP contribution in [0.1, 0.15) is 25.7 Å². The number of rotatable bonds is 3. The van der Waals surface area contributed by atoms with E-state index in [9.17, 15) is 18.0 Å². The molecule has 0 radical (unpaired) electrons. The molecule has 1 aromatic rings. The maximum atomic E-state index is 11.7. The second kappa shape index (κ2) is 6.23. The van der Waals surface area contributed by atoms with E-state index in [2.05, 4.69) is 10.6 Å². The highest BCUT2D eigenvalue weighted by Crippen LogP contribution is 2.17. The van der Waals surface area contributed by atoms with Crippen molar-refractivity contribution in [1.29, 1.82) is 0 Å². The summed E-state index contributed by atoms with van der Waals surface area (Å²) in [5.41, 5.74) is 0.328. The number of nitrogens with one attached hydrogen (secondary N) is 2. The number of sulfonamides is 1. The van der Waals surface area contributed by atoms with Crippen molar-refractivity contribution in [2.24, 2.45) is 5.14 Å². The van der Waals surface area contributed by atoms with Crippen LogP contribution in [0.15, 0.2) is 29.2 Å². The van der Waals surface area contributed by atoms with Crippen molar-refractivity contribution in [1.82, 2.24) is 5.32 Å². The van der Waals surface area contributed by atoms with Crippen LogP contribution in [0.5, 0.6) is 0 Å². The Kier molecular flexibility index (Phi) is 4.59. The van der Waals surface area contributed by atoms with E-state index in [0.29, 0.717) is 5.69 Å². The van der Waals surface area contributed by atoms with Gasteiger partial charge in [-0.05, 0) is 37.1 Å². The number of amides is 2. The Labute approximate surface area is 123 Å². The van der Waals surface area contributed by atoms with Gasteiger partial charge in [0.15, 0.2) is 0 Å². The highest BCUT2D eigenvalue weighted by molar-refractivity contribution is 7.89. The number of nitrogens with two attached hydrogens (primary N) is 1. The van der Waals surface area contributed by atoms with Crippen molar-refractivity contribution in [2.45, 2.75) is 36.6 Å². The van der Waals surface area contributed by atoms with Gasteiger partial charge in [-0.25, -0.2) is 13.6 Å². The summed E-state index contributed by atoms with van der Waals surface area (Å²) in [4.78, 5) is 23.3. The lowest BCUT2D eigenvalue weighted by atomic mass is 10.2. The van der Waals surface area contributed by atoms with Crippen LogP contribution in [-0.4, -0.2) is 26.3 Å². The normalized spacial score (nSPS) is 15.7. The molecule has 2 rings (SSSR count). The summed E-state index contributed by atoms with van der Waals surface area (Å²) in [7, 11) is -3.77. The Bertz CT molecular complexity index is 634. The van der Waals surface area contributed by atoms with E-state index in [-0.39, 0.29) is 10.9 Å². The zero-order valence-electron chi connectivity index (χ0n) is 11.3. The van der Waals surface area contributed by atoms with Crippen molar-refractivity contribution in [3.8, 4) is 0 Å². The molecule has 0 unspecified atom stereocenters. The van der Waals surface area contributed by atoms with E-state index < -0.39 is 21.8 Å². The summed E-state index contributed by atoms with van der Waals surface area (Å²) in [6.45, 7) is 0. The Morgan fingerprint density at radius 3 is 2.14 bits per heavy atom. The third-order valence-corrected chi connectivity index (χ3v) is 4.27. The molecule has 0 bridgehead atoms. The van der Waals surface area contributed by atoms with E-state index >= 15 is 0 Å². The van der Waals surface area contributed by atoms with Crippen LogP contribution in [0.4, 0.5) is 5.69 Å². The maximum absolute atomic E-state index is 11.7. The van der Waals surface area contributed by atoms with E-state index in [1.54, 1.807) is 0 Å². The van der Waals surface area contributed by atoms with Gasteiger partial charge in [0.1, 0.15) is 0 Å². The lowest BCUT2D eigenvalue weighted by Gasteiger charge is -2.11. The molecule has 21 heavy (non-hydrogen) atoms. The lowest BCUT2D eigenvalue weighted by molar-refractivity contribution is -0.136. The van der Waals surface area contributed by atoms with E-state index in [4.69, 9.17) is 5.14 Å². The van der Waals surface area contributed by atoms with Gasteiger partial charge in [0, 0.05) is 11.7 Å². The molecule has 0 heterocycles. The first-order valence-electron chi connectivity index (χ1n) is 6.61. The number of carbonyl (C=O) groups excluding carboxylic acids is 2. The van der Waals surface area contributed by atoms with Gasteiger partial charge >= 0.3 is 11.8 Å². The van der Waals surface area contributed by atoms with Crippen molar-refractivity contribution in [2.75, 3.05) is 5.32 Å². The summed E-state index contributed by atoms with van der Waals surface area (Å²) in [5.74, 6) is -1.46. The second-order valence-corrected chi connectivity index (χ2v) is 6.54. The number of benzene rings is 1. The Morgan fingerprint density at radius 1 is 1.05 bits per heavy atom. The zero-order valence-corrected chi connectivity index (χ0v) is 12.2. The molecule has 0 saturated heterocycles. The topological polar surface area (TPSA) is 118 Å². The largest absolute Gasteiger partial charge is 0.345 e. The minimum absolute atomic E-state index is 0.0593. The molecule has 0 atom stereocenters. The molecule has 4 N–H and O–H groups in total. The maximum Gasteiger partial charge on any atom is 0.313 e. The van der Waals surface area contributed by atoms with Gasteiger partial charge in [-0.1, -0.05) is 12.8 Å². The van der Waals surface area contributed by atoms with E-state index in [1.165, 1.54) is 24.3 Å². The van der Waals surface area contributed by atoms with Gasteiger partial charge < -0.3 is 10.6 Å². The first kappa shape index (κ1) is 15.5. The van der Waals surface area contributed by atoms with Crippen LogP contribution < -0.4 is 15.8 Å². The van der Waals surface area contributed by atoms with Crippen molar-refractivity contribution in [3.63, 3.8) is 0 Å². The van der Waals surface area contributed by atoms with Crippen molar-refractivity contribution in [3.05, 3.63) is 24.3 Å². The predicted octanol–water partition coefficient (Wildman–Crippen LogP) is 0.331. The molecular formula is C13H17N3O4S. The molecular weight excluding hydrogens is 294 g/mol. The lowest BCUT2D eigenvalue weighted by Crippen LogP contribution is -2.40. The Morgan fingerprint density at radius 2 is 1.62 bits per heavy atom. The molecule has 0 spiro atoms. The van der Waals surface area contributed by atoms with Gasteiger partial charge in [-0.2, -0.15) is 0 Å². The molecule has 0 aliphatic heterocycles. The second-order valence-electron chi connectivity index (χ2n) is 4.98.